The summed E-state index contributed by atoms with van der Waals surface area (Å²) in [6.45, 7) is 3.87. The van der Waals surface area contributed by atoms with Gasteiger partial charge in [-0.2, -0.15) is 5.10 Å². The van der Waals surface area contributed by atoms with Crippen LogP contribution in [0, 0.1) is 12.7 Å². The number of hydrogen-bond donors (Lipinski definition) is 1. The second kappa shape index (κ2) is 6.62. The summed E-state index contributed by atoms with van der Waals surface area (Å²) in [7, 11) is 0. The maximum Gasteiger partial charge on any atom is 0.260 e. The minimum atomic E-state index is -0.313. The summed E-state index contributed by atoms with van der Waals surface area (Å²) < 4.78 is 14.7. The van der Waals surface area contributed by atoms with Crippen molar-refractivity contribution in [1.82, 2.24) is 14.8 Å². The van der Waals surface area contributed by atoms with Crippen LogP contribution in [-0.2, 0) is 6.42 Å². The molecule has 1 N–H and O–H groups in total. The average Bonchev–Trinajstić information content (AvgIpc) is 3.01. The van der Waals surface area contributed by atoms with E-state index in [2.05, 4.69) is 15.4 Å². The third-order valence-electron chi connectivity index (χ3n) is 3.67. The van der Waals surface area contributed by atoms with Crippen LogP contribution in [-0.4, -0.2) is 20.7 Å². The Morgan fingerprint density at radius 3 is 2.54 bits per heavy atom. The number of halogens is 1. The van der Waals surface area contributed by atoms with Gasteiger partial charge in [0, 0.05) is 6.20 Å². The number of pyridine rings is 1. The number of amides is 1. The number of aromatic nitrogens is 3. The molecule has 1 aromatic carbocycles. The Bertz CT molecular complexity index is 854. The molecule has 122 valence electrons. The predicted molar refractivity (Wildman–Crippen MR) is 89.8 cm³/mol. The number of anilines is 1. The van der Waals surface area contributed by atoms with Crippen LogP contribution in [0.5, 0.6) is 0 Å². The Labute approximate surface area is 139 Å². The Kier molecular flexibility index (Phi) is 4.37. The van der Waals surface area contributed by atoms with Gasteiger partial charge in [0.2, 0.25) is 0 Å². The smallest absolute Gasteiger partial charge is 0.260 e. The van der Waals surface area contributed by atoms with Crippen LogP contribution in [0.1, 0.15) is 28.5 Å². The molecule has 0 radical (unpaired) electrons. The molecule has 24 heavy (non-hydrogen) atoms. The van der Waals surface area contributed by atoms with Crippen LogP contribution >= 0.6 is 0 Å². The fourth-order valence-corrected chi connectivity index (χ4v) is 2.43. The summed E-state index contributed by atoms with van der Waals surface area (Å²) in [5.74, 6) is -0.0916. The Hall–Kier alpha value is -3.02. The van der Waals surface area contributed by atoms with Gasteiger partial charge in [-0.15, -0.1) is 0 Å². The van der Waals surface area contributed by atoms with E-state index in [1.54, 1.807) is 29.1 Å². The maximum atomic E-state index is 13.1. The van der Waals surface area contributed by atoms with Gasteiger partial charge in [0.1, 0.15) is 11.6 Å². The van der Waals surface area contributed by atoms with Crippen molar-refractivity contribution < 1.29 is 9.18 Å². The molecule has 2 aromatic heterocycles. The first-order chi connectivity index (χ1) is 11.6. The number of nitrogens with zero attached hydrogens (tertiary/aromatic N) is 3. The van der Waals surface area contributed by atoms with Crippen molar-refractivity contribution in [1.29, 1.82) is 0 Å². The third-order valence-corrected chi connectivity index (χ3v) is 3.67. The van der Waals surface area contributed by atoms with Gasteiger partial charge in [-0.25, -0.2) is 14.1 Å². The molecule has 0 bridgehead atoms. The molecule has 6 heteroatoms. The molecule has 0 unspecified atom stereocenters. The molecule has 0 spiro atoms. The maximum absolute atomic E-state index is 13.1. The molecular weight excluding hydrogens is 307 g/mol. The van der Waals surface area contributed by atoms with E-state index < -0.39 is 0 Å². The fraction of sp³-hybridized carbons (Fsp3) is 0.167. The Morgan fingerprint density at radius 1 is 1.17 bits per heavy atom. The summed E-state index contributed by atoms with van der Waals surface area (Å²) in [6.07, 6.45) is 3.82. The van der Waals surface area contributed by atoms with Gasteiger partial charge in [-0.05, 0) is 49.2 Å². The predicted octanol–water partition coefficient (Wildman–Crippen LogP) is 3.53. The molecule has 0 aliphatic carbocycles. The highest BCUT2D eigenvalue weighted by Gasteiger charge is 2.17. The molecule has 2 heterocycles. The van der Waals surface area contributed by atoms with Crippen LogP contribution in [0.15, 0.2) is 48.8 Å². The number of hydrogen-bond acceptors (Lipinski definition) is 3. The highest BCUT2D eigenvalue weighted by Crippen LogP contribution is 2.17. The molecule has 0 aliphatic rings. The van der Waals surface area contributed by atoms with E-state index in [-0.39, 0.29) is 11.7 Å². The van der Waals surface area contributed by atoms with Crippen molar-refractivity contribution >= 4 is 11.7 Å². The average molecular weight is 324 g/mol. The van der Waals surface area contributed by atoms with Gasteiger partial charge in [-0.1, -0.05) is 13.0 Å². The molecule has 0 saturated heterocycles. The van der Waals surface area contributed by atoms with E-state index in [4.69, 9.17) is 0 Å². The zero-order chi connectivity index (χ0) is 17.1. The fourth-order valence-electron chi connectivity index (χ4n) is 2.43. The van der Waals surface area contributed by atoms with Crippen molar-refractivity contribution in [2.75, 3.05) is 5.32 Å². The van der Waals surface area contributed by atoms with Crippen molar-refractivity contribution in [2.24, 2.45) is 0 Å². The van der Waals surface area contributed by atoms with E-state index in [0.29, 0.717) is 23.5 Å². The van der Waals surface area contributed by atoms with E-state index in [9.17, 15) is 9.18 Å². The van der Waals surface area contributed by atoms with Gasteiger partial charge in [0.05, 0.1) is 23.1 Å². The molecule has 0 aliphatic heterocycles. The topological polar surface area (TPSA) is 59.8 Å². The number of nitrogens with one attached hydrogen (secondary N) is 1. The van der Waals surface area contributed by atoms with Crippen LogP contribution in [0.2, 0.25) is 0 Å². The van der Waals surface area contributed by atoms with Gasteiger partial charge in [-0.3, -0.25) is 4.79 Å². The van der Waals surface area contributed by atoms with Gasteiger partial charge in [0.15, 0.2) is 0 Å². The lowest BCUT2D eigenvalue weighted by molar-refractivity contribution is 0.102. The van der Waals surface area contributed by atoms with E-state index >= 15 is 0 Å². The van der Waals surface area contributed by atoms with Crippen molar-refractivity contribution in [3.8, 4) is 5.69 Å². The Morgan fingerprint density at radius 2 is 1.92 bits per heavy atom. The first-order valence-electron chi connectivity index (χ1n) is 7.65. The minimum Gasteiger partial charge on any atom is -0.306 e. The van der Waals surface area contributed by atoms with E-state index in [1.165, 1.54) is 18.3 Å². The molecule has 1 amide bonds. The number of carbonyl (C=O) groups excluding carboxylic acids is 1. The molecule has 0 saturated carbocycles. The molecule has 3 rings (SSSR count). The molecule has 0 fully saturated rings. The number of carbonyl (C=O) groups is 1. The normalized spacial score (nSPS) is 10.6. The van der Waals surface area contributed by atoms with Crippen LogP contribution in [0.4, 0.5) is 10.2 Å². The van der Waals surface area contributed by atoms with Crippen LogP contribution < -0.4 is 5.32 Å². The largest absolute Gasteiger partial charge is 0.306 e. The second-order valence-electron chi connectivity index (χ2n) is 5.42. The van der Waals surface area contributed by atoms with Gasteiger partial charge >= 0.3 is 0 Å². The highest BCUT2D eigenvalue weighted by molar-refractivity contribution is 6.04. The lowest BCUT2D eigenvalue weighted by atomic mass is 10.2. The standard InChI is InChI=1S/C18H17FN4O/c1-3-16-15(18(24)22-17-9-4-12(2)10-20-17)11-21-23(16)14-7-5-13(19)6-8-14/h4-11H,3H2,1-2H3,(H,20,22,24). The quantitative estimate of drug-likeness (QED) is 0.798. The zero-order valence-corrected chi connectivity index (χ0v) is 13.5. The van der Waals surface area contributed by atoms with E-state index in [1.807, 2.05) is 19.9 Å². The minimum absolute atomic E-state index is 0.267. The highest BCUT2D eigenvalue weighted by atomic mass is 19.1. The van der Waals surface area contributed by atoms with E-state index in [0.717, 1.165) is 11.3 Å². The zero-order valence-electron chi connectivity index (χ0n) is 13.5. The SMILES string of the molecule is CCc1c(C(=O)Nc2ccc(C)cn2)cnn1-c1ccc(F)cc1. The van der Waals surface area contributed by atoms with Crippen LogP contribution in [0.3, 0.4) is 0 Å². The number of rotatable bonds is 4. The lowest BCUT2D eigenvalue weighted by Crippen LogP contribution is -2.15. The third kappa shape index (κ3) is 3.17. The first kappa shape index (κ1) is 15.9. The first-order valence-corrected chi connectivity index (χ1v) is 7.65. The van der Waals surface area contributed by atoms with Crippen LogP contribution in [0.25, 0.3) is 5.69 Å². The molecule has 3 aromatic rings. The van der Waals surface area contributed by atoms with Crippen molar-refractivity contribution in [3.05, 3.63) is 71.4 Å². The molecule has 0 atom stereocenters. The van der Waals surface area contributed by atoms with Crippen molar-refractivity contribution in [2.45, 2.75) is 20.3 Å². The summed E-state index contributed by atoms with van der Waals surface area (Å²) >= 11 is 0. The monoisotopic (exact) mass is 324 g/mol. The van der Waals surface area contributed by atoms with Crippen molar-refractivity contribution in [3.63, 3.8) is 0 Å². The number of benzene rings is 1. The summed E-state index contributed by atoms with van der Waals surface area (Å²) in [6, 6.07) is 9.63. The molecule has 5 nitrogen and oxygen atoms in total. The second-order valence-corrected chi connectivity index (χ2v) is 5.42. The number of aryl methyl sites for hydroxylation is 1. The van der Waals surface area contributed by atoms with Gasteiger partial charge < -0.3 is 5.32 Å². The lowest BCUT2D eigenvalue weighted by Gasteiger charge is -2.08. The summed E-state index contributed by atoms with van der Waals surface area (Å²) in [4.78, 5) is 16.7. The molecular formula is C18H17FN4O. The Balaban J connectivity index is 1.89. The summed E-state index contributed by atoms with van der Waals surface area (Å²) in [5.41, 5.74) is 2.96. The summed E-state index contributed by atoms with van der Waals surface area (Å²) in [5, 5.41) is 7.05. The van der Waals surface area contributed by atoms with Gasteiger partial charge in [0.25, 0.3) is 5.91 Å².